The van der Waals surface area contributed by atoms with Gasteiger partial charge in [-0.2, -0.15) is 26.3 Å². The van der Waals surface area contributed by atoms with Crippen LogP contribution in [0.3, 0.4) is 0 Å². The molecule has 0 fully saturated rings. The number of benzene rings is 2. The number of nitro groups is 1. The van der Waals surface area contributed by atoms with E-state index in [2.05, 4.69) is 5.32 Å². The zero-order chi connectivity index (χ0) is 23.6. The zero-order valence-electron chi connectivity index (χ0n) is 14.7. The lowest BCUT2D eigenvalue weighted by molar-refractivity contribution is -0.387. The van der Waals surface area contributed by atoms with Crippen LogP contribution in [0.1, 0.15) is 5.56 Å². The lowest BCUT2D eigenvalue weighted by Gasteiger charge is -2.12. The van der Waals surface area contributed by atoms with E-state index in [-0.39, 0.29) is 15.6 Å². The van der Waals surface area contributed by atoms with E-state index in [4.69, 9.17) is 11.6 Å². The molecule has 0 heterocycles. The van der Waals surface area contributed by atoms with Crippen molar-refractivity contribution >= 4 is 51.4 Å². The lowest BCUT2D eigenvalue weighted by atomic mass is 10.2. The van der Waals surface area contributed by atoms with Crippen LogP contribution in [-0.2, 0) is 21.8 Å². The van der Waals surface area contributed by atoms with E-state index in [1.54, 1.807) is 0 Å². The summed E-state index contributed by atoms with van der Waals surface area (Å²) in [7, 11) is -3.49. The third-order valence-corrected chi connectivity index (χ3v) is 5.97. The molecule has 0 saturated heterocycles. The Morgan fingerprint density at radius 3 is 2.32 bits per heavy atom. The van der Waals surface area contributed by atoms with Crippen molar-refractivity contribution in [2.75, 3.05) is 11.1 Å². The summed E-state index contributed by atoms with van der Waals surface area (Å²) >= 11 is 6.31. The molecule has 31 heavy (non-hydrogen) atoms. The van der Waals surface area contributed by atoms with Crippen molar-refractivity contribution < 1.29 is 40.3 Å². The van der Waals surface area contributed by atoms with E-state index in [0.717, 1.165) is 18.2 Å². The molecule has 2 aromatic rings. The van der Waals surface area contributed by atoms with E-state index >= 15 is 0 Å². The standard InChI is InChI=1S/C16H9ClF6N2O4S2/c17-10-3-1-8(15(18,19)20)5-11(10)24-14(26)7-30-13-4-2-9(6-12(13)25(27)28)31(29)16(21,22)23/h1-6H,7H2,(H,24,26). The van der Waals surface area contributed by atoms with Crippen LogP contribution in [0.5, 0.6) is 0 Å². The van der Waals surface area contributed by atoms with Crippen LogP contribution < -0.4 is 5.32 Å². The SMILES string of the molecule is O=C(CSc1ccc(S(=O)C(F)(F)F)cc1[N+](=O)[O-])Nc1cc(C(F)(F)F)ccc1Cl. The number of hydrogen-bond acceptors (Lipinski definition) is 5. The molecule has 0 aromatic heterocycles. The first kappa shape index (κ1) is 24.9. The van der Waals surface area contributed by atoms with Crippen molar-refractivity contribution in [3.8, 4) is 0 Å². The van der Waals surface area contributed by atoms with Crippen LogP contribution in [-0.4, -0.2) is 26.3 Å². The van der Waals surface area contributed by atoms with Crippen molar-refractivity contribution in [3.63, 3.8) is 0 Å². The minimum absolute atomic E-state index is 0.184. The van der Waals surface area contributed by atoms with Gasteiger partial charge in [0.2, 0.25) is 5.91 Å². The number of thioether (sulfide) groups is 1. The van der Waals surface area contributed by atoms with Gasteiger partial charge in [-0.1, -0.05) is 11.6 Å². The van der Waals surface area contributed by atoms with Gasteiger partial charge < -0.3 is 5.32 Å². The van der Waals surface area contributed by atoms with Crippen molar-refractivity contribution in [1.29, 1.82) is 0 Å². The van der Waals surface area contributed by atoms with Crippen molar-refractivity contribution in [2.24, 2.45) is 0 Å². The molecule has 6 nitrogen and oxygen atoms in total. The molecule has 0 aliphatic heterocycles. The number of nitrogens with one attached hydrogen (secondary N) is 1. The fraction of sp³-hybridized carbons (Fsp3) is 0.188. The molecule has 2 aromatic carbocycles. The average molecular weight is 507 g/mol. The van der Waals surface area contributed by atoms with Gasteiger partial charge in [-0.3, -0.25) is 14.9 Å². The molecule has 168 valence electrons. The third-order valence-electron chi connectivity index (χ3n) is 3.48. The number of carbonyl (C=O) groups excluding carboxylic acids is 1. The predicted molar refractivity (Wildman–Crippen MR) is 101 cm³/mol. The molecule has 0 saturated carbocycles. The number of carbonyl (C=O) groups is 1. The average Bonchev–Trinajstić information content (AvgIpc) is 2.65. The maximum absolute atomic E-state index is 12.8. The van der Waals surface area contributed by atoms with E-state index < -0.39 is 55.2 Å². The minimum Gasteiger partial charge on any atom is -0.324 e. The Labute approximate surface area is 181 Å². The molecule has 0 aliphatic rings. The summed E-state index contributed by atoms with van der Waals surface area (Å²) in [5.74, 6) is -1.40. The van der Waals surface area contributed by atoms with E-state index in [9.17, 15) is 45.5 Å². The van der Waals surface area contributed by atoms with Crippen molar-refractivity contribution in [3.05, 3.63) is 57.1 Å². The van der Waals surface area contributed by atoms with Gasteiger partial charge in [-0.25, -0.2) is 4.21 Å². The molecular formula is C16H9ClF6N2O4S2. The number of alkyl halides is 6. The van der Waals surface area contributed by atoms with E-state index in [1.165, 1.54) is 0 Å². The minimum atomic E-state index is -5.12. The Morgan fingerprint density at radius 1 is 1.13 bits per heavy atom. The van der Waals surface area contributed by atoms with Crippen LogP contribution in [0.15, 0.2) is 46.2 Å². The Bertz CT molecular complexity index is 1050. The first-order valence-electron chi connectivity index (χ1n) is 7.76. The van der Waals surface area contributed by atoms with Crippen LogP contribution in [0, 0.1) is 10.1 Å². The summed E-state index contributed by atoms with van der Waals surface area (Å²) in [5.41, 5.74) is -7.34. The van der Waals surface area contributed by atoms with Gasteiger partial charge in [0.05, 0.1) is 36.7 Å². The molecule has 0 spiro atoms. The highest BCUT2D eigenvalue weighted by Crippen LogP contribution is 2.36. The molecule has 0 bridgehead atoms. The van der Waals surface area contributed by atoms with Crippen LogP contribution in [0.4, 0.5) is 37.7 Å². The largest absolute Gasteiger partial charge is 0.475 e. The number of hydrogen-bond donors (Lipinski definition) is 1. The molecule has 15 heteroatoms. The van der Waals surface area contributed by atoms with Gasteiger partial charge in [-0.05, 0) is 30.3 Å². The van der Waals surface area contributed by atoms with Gasteiger partial charge >= 0.3 is 11.7 Å². The molecule has 0 aliphatic carbocycles. The quantitative estimate of drug-likeness (QED) is 0.237. The maximum Gasteiger partial charge on any atom is 0.475 e. The number of halogens is 7. The van der Waals surface area contributed by atoms with Crippen molar-refractivity contribution in [2.45, 2.75) is 21.5 Å². The lowest BCUT2D eigenvalue weighted by Crippen LogP contribution is -2.16. The van der Waals surface area contributed by atoms with Gasteiger partial charge in [0.25, 0.3) is 5.69 Å². The maximum atomic E-state index is 12.8. The van der Waals surface area contributed by atoms with E-state index in [0.29, 0.717) is 30.0 Å². The number of anilines is 1. The van der Waals surface area contributed by atoms with Crippen molar-refractivity contribution in [1.82, 2.24) is 0 Å². The van der Waals surface area contributed by atoms with Gasteiger partial charge in [-0.15, -0.1) is 11.8 Å². The molecule has 1 amide bonds. The van der Waals surface area contributed by atoms with E-state index in [1.807, 2.05) is 0 Å². The summed E-state index contributed by atoms with van der Waals surface area (Å²) in [4.78, 5) is 21.1. The van der Waals surface area contributed by atoms with Gasteiger partial charge in [0.15, 0.2) is 10.8 Å². The summed E-state index contributed by atoms with van der Waals surface area (Å²) < 4.78 is 87.3. The molecule has 1 unspecified atom stereocenters. The number of amides is 1. The second-order valence-corrected chi connectivity index (χ2v) is 8.53. The first-order valence-corrected chi connectivity index (χ1v) is 10.3. The number of rotatable bonds is 6. The second kappa shape index (κ2) is 9.44. The zero-order valence-corrected chi connectivity index (χ0v) is 17.1. The Hall–Kier alpha value is -2.32. The second-order valence-electron chi connectivity index (χ2n) is 5.63. The van der Waals surface area contributed by atoms with Gasteiger partial charge in [0.1, 0.15) is 0 Å². The fourth-order valence-electron chi connectivity index (χ4n) is 2.14. The molecule has 1 atom stereocenters. The fourth-order valence-corrected chi connectivity index (χ4v) is 3.78. The highest BCUT2D eigenvalue weighted by atomic mass is 35.5. The van der Waals surface area contributed by atoms with Crippen LogP contribution in [0.2, 0.25) is 5.02 Å². The van der Waals surface area contributed by atoms with Crippen LogP contribution in [0.25, 0.3) is 0 Å². The third kappa shape index (κ3) is 6.58. The molecule has 1 N–H and O–H groups in total. The first-order chi connectivity index (χ1) is 14.2. The van der Waals surface area contributed by atoms with Gasteiger partial charge in [0, 0.05) is 6.07 Å². The Kier molecular flexibility index (Phi) is 7.60. The smallest absolute Gasteiger partial charge is 0.324 e. The molecule has 0 radical (unpaired) electrons. The topological polar surface area (TPSA) is 89.3 Å². The summed E-state index contributed by atoms with van der Waals surface area (Å²) in [6, 6.07) is 4.38. The number of nitro benzene ring substituents is 1. The summed E-state index contributed by atoms with van der Waals surface area (Å²) in [5, 5.41) is 13.1. The highest BCUT2D eigenvalue weighted by Gasteiger charge is 2.39. The van der Waals surface area contributed by atoms with Crippen LogP contribution >= 0.6 is 23.4 Å². The molecule has 2 rings (SSSR count). The Balaban J connectivity index is 2.17. The highest BCUT2D eigenvalue weighted by molar-refractivity contribution is 8.00. The number of nitrogens with zero attached hydrogens (tertiary/aromatic N) is 1. The normalized spacial score (nSPS) is 13.0. The monoisotopic (exact) mass is 506 g/mol. The Morgan fingerprint density at radius 2 is 1.77 bits per heavy atom. The summed E-state index contributed by atoms with van der Waals surface area (Å²) in [6.07, 6.45) is -4.68. The summed E-state index contributed by atoms with van der Waals surface area (Å²) in [6.45, 7) is 0. The molecular weight excluding hydrogens is 498 g/mol. The predicted octanol–water partition coefficient (Wildman–Crippen LogP) is 5.63.